The molecule has 0 spiro atoms. The molecule has 17 heavy (non-hydrogen) atoms. The van der Waals surface area contributed by atoms with E-state index >= 15 is 0 Å². The number of amides is 2. The van der Waals surface area contributed by atoms with E-state index in [0.29, 0.717) is 18.5 Å². The number of carbonyl (C=O) groups excluding carboxylic acids is 2. The fourth-order valence-electron chi connectivity index (χ4n) is 1.13. The molecule has 1 aromatic rings. The highest BCUT2D eigenvalue weighted by atomic mass is 16.1. The largest absolute Gasteiger partial charge is 0.366 e. The van der Waals surface area contributed by atoms with Gasteiger partial charge in [-0.25, -0.2) is 0 Å². The smallest absolute Gasteiger partial charge is 0.248 e. The summed E-state index contributed by atoms with van der Waals surface area (Å²) >= 11 is 0. The second kappa shape index (κ2) is 6.33. The third kappa shape index (κ3) is 4.39. The van der Waals surface area contributed by atoms with Gasteiger partial charge < -0.3 is 11.1 Å². The lowest BCUT2D eigenvalue weighted by atomic mass is 10.1. The van der Waals surface area contributed by atoms with Gasteiger partial charge in [-0.3, -0.25) is 9.59 Å². The molecule has 0 unspecified atom stereocenters. The first-order valence-corrected chi connectivity index (χ1v) is 5.29. The molecule has 0 fully saturated rings. The highest BCUT2D eigenvalue weighted by Gasteiger charge is 1.97. The van der Waals surface area contributed by atoms with E-state index in [2.05, 4.69) is 17.2 Å². The van der Waals surface area contributed by atoms with E-state index in [1.54, 1.807) is 31.2 Å². The normalized spacial score (nSPS) is 9.00. The van der Waals surface area contributed by atoms with Gasteiger partial charge in [0, 0.05) is 17.5 Å². The maximum absolute atomic E-state index is 10.9. The summed E-state index contributed by atoms with van der Waals surface area (Å²) in [6.45, 7) is 2.11. The predicted molar refractivity (Wildman–Crippen MR) is 65.1 cm³/mol. The minimum absolute atomic E-state index is 0.0247. The van der Waals surface area contributed by atoms with Crippen molar-refractivity contribution < 1.29 is 9.59 Å². The second-order valence-corrected chi connectivity index (χ2v) is 3.37. The Morgan fingerprint density at radius 1 is 1.29 bits per heavy atom. The zero-order valence-corrected chi connectivity index (χ0v) is 9.62. The van der Waals surface area contributed by atoms with Gasteiger partial charge in [0.25, 0.3) is 0 Å². The van der Waals surface area contributed by atoms with Crippen molar-refractivity contribution >= 4 is 11.8 Å². The van der Waals surface area contributed by atoms with Crippen LogP contribution in [0.15, 0.2) is 24.3 Å². The molecule has 0 saturated carbocycles. The Bertz CT molecular complexity index is 466. The molecule has 0 aliphatic rings. The Kier molecular flexibility index (Phi) is 4.77. The summed E-state index contributed by atoms with van der Waals surface area (Å²) < 4.78 is 0. The Morgan fingerprint density at radius 3 is 2.47 bits per heavy atom. The molecule has 0 aromatic heterocycles. The number of primary amides is 1. The van der Waals surface area contributed by atoms with Crippen LogP contribution in [0.4, 0.5) is 0 Å². The third-order valence-electron chi connectivity index (χ3n) is 2.10. The van der Waals surface area contributed by atoms with E-state index in [1.165, 1.54) is 0 Å². The number of benzene rings is 1. The quantitative estimate of drug-likeness (QED) is 0.749. The summed E-state index contributed by atoms with van der Waals surface area (Å²) in [4.78, 5) is 21.7. The Morgan fingerprint density at radius 2 is 1.94 bits per heavy atom. The minimum atomic E-state index is -0.459. The maximum atomic E-state index is 10.9. The molecular formula is C13H14N2O2. The summed E-state index contributed by atoms with van der Waals surface area (Å²) in [5.74, 6) is 5.21. The molecule has 1 aromatic carbocycles. The van der Waals surface area contributed by atoms with Crippen LogP contribution in [0.25, 0.3) is 0 Å². The minimum Gasteiger partial charge on any atom is -0.366 e. The van der Waals surface area contributed by atoms with E-state index in [-0.39, 0.29) is 5.91 Å². The van der Waals surface area contributed by atoms with Gasteiger partial charge in [-0.15, -0.1) is 0 Å². The van der Waals surface area contributed by atoms with E-state index in [0.717, 1.165) is 5.56 Å². The van der Waals surface area contributed by atoms with Crippen LogP contribution < -0.4 is 11.1 Å². The lowest BCUT2D eigenvalue weighted by molar-refractivity contribution is -0.120. The summed E-state index contributed by atoms with van der Waals surface area (Å²) in [5.41, 5.74) is 6.34. The molecule has 3 N–H and O–H groups in total. The van der Waals surface area contributed by atoms with Crippen LogP contribution in [0.1, 0.15) is 29.3 Å². The first-order chi connectivity index (χ1) is 8.13. The van der Waals surface area contributed by atoms with Crippen molar-refractivity contribution in [3.8, 4) is 11.8 Å². The molecule has 0 bridgehead atoms. The second-order valence-electron chi connectivity index (χ2n) is 3.37. The summed E-state index contributed by atoms with van der Waals surface area (Å²) in [7, 11) is 0. The van der Waals surface area contributed by atoms with E-state index in [4.69, 9.17) is 5.73 Å². The molecule has 0 aliphatic carbocycles. The number of carbonyl (C=O) groups is 2. The van der Waals surface area contributed by atoms with Crippen molar-refractivity contribution in [2.75, 3.05) is 6.54 Å². The van der Waals surface area contributed by atoms with E-state index < -0.39 is 5.91 Å². The van der Waals surface area contributed by atoms with Crippen molar-refractivity contribution in [3.63, 3.8) is 0 Å². The average molecular weight is 230 g/mol. The van der Waals surface area contributed by atoms with Crippen molar-refractivity contribution in [1.82, 2.24) is 5.32 Å². The molecule has 0 saturated heterocycles. The van der Waals surface area contributed by atoms with Gasteiger partial charge in [0.2, 0.25) is 11.8 Å². The van der Waals surface area contributed by atoms with Crippen molar-refractivity contribution in [2.24, 2.45) is 5.73 Å². The van der Waals surface area contributed by atoms with Crippen LogP contribution in [0, 0.1) is 11.8 Å². The van der Waals surface area contributed by atoms with Gasteiger partial charge in [0.05, 0.1) is 6.54 Å². The SMILES string of the molecule is CCC(=O)NCC#Cc1ccc(C(N)=O)cc1. The molecule has 4 heteroatoms. The highest BCUT2D eigenvalue weighted by molar-refractivity contribution is 5.92. The van der Waals surface area contributed by atoms with Gasteiger partial charge in [0.15, 0.2) is 0 Å². The highest BCUT2D eigenvalue weighted by Crippen LogP contribution is 2.01. The fraction of sp³-hybridized carbons (Fsp3) is 0.231. The van der Waals surface area contributed by atoms with Gasteiger partial charge in [-0.1, -0.05) is 18.8 Å². The number of nitrogens with one attached hydrogen (secondary N) is 1. The number of hydrogen-bond donors (Lipinski definition) is 2. The predicted octanol–water partition coefficient (Wildman–Crippen LogP) is 0.663. The van der Waals surface area contributed by atoms with Crippen LogP contribution in [0.3, 0.4) is 0 Å². The Balaban J connectivity index is 2.55. The molecule has 1 rings (SSSR count). The molecule has 0 radical (unpaired) electrons. The van der Waals surface area contributed by atoms with Crippen molar-refractivity contribution in [2.45, 2.75) is 13.3 Å². The third-order valence-corrected chi connectivity index (χ3v) is 2.10. The van der Waals surface area contributed by atoms with Crippen LogP contribution >= 0.6 is 0 Å². The summed E-state index contributed by atoms with van der Waals surface area (Å²) in [6.07, 6.45) is 0.453. The van der Waals surface area contributed by atoms with Crippen LogP contribution in [-0.2, 0) is 4.79 Å². The van der Waals surface area contributed by atoms with Crippen molar-refractivity contribution in [3.05, 3.63) is 35.4 Å². The average Bonchev–Trinajstić information content (AvgIpc) is 2.34. The maximum Gasteiger partial charge on any atom is 0.248 e. The lowest BCUT2D eigenvalue weighted by Gasteiger charge is -1.96. The summed E-state index contributed by atoms with van der Waals surface area (Å²) in [5, 5.41) is 2.65. The first-order valence-electron chi connectivity index (χ1n) is 5.29. The van der Waals surface area contributed by atoms with Crippen molar-refractivity contribution in [1.29, 1.82) is 0 Å². The Hall–Kier alpha value is -2.28. The number of hydrogen-bond acceptors (Lipinski definition) is 2. The topological polar surface area (TPSA) is 72.2 Å². The summed E-state index contributed by atoms with van der Waals surface area (Å²) in [6, 6.07) is 6.68. The monoisotopic (exact) mass is 230 g/mol. The zero-order valence-electron chi connectivity index (χ0n) is 9.62. The van der Waals surface area contributed by atoms with Gasteiger partial charge in [-0.2, -0.15) is 0 Å². The lowest BCUT2D eigenvalue weighted by Crippen LogP contribution is -2.22. The van der Waals surface area contributed by atoms with E-state index in [9.17, 15) is 9.59 Å². The molecular weight excluding hydrogens is 216 g/mol. The molecule has 0 aliphatic heterocycles. The number of nitrogens with two attached hydrogens (primary N) is 1. The van der Waals surface area contributed by atoms with E-state index in [1.807, 2.05) is 0 Å². The fourth-order valence-corrected chi connectivity index (χ4v) is 1.13. The molecule has 0 heterocycles. The Labute approximate surface area is 100 Å². The molecule has 4 nitrogen and oxygen atoms in total. The molecule has 0 atom stereocenters. The first kappa shape index (κ1) is 12.8. The van der Waals surface area contributed by atoms with Gasteiger partial charge >= 0.3 is 0 Å². The van der Waals surface area contributed by atoms with Crippen LogP contribution in [0.5, 0.6) is 0 Å². The van der Waals surface area contributed by atoms with Gasteiger partial charge in [0.1, 0.15) is 0 Å². The van der Waals surface area contributed by atoms with Crippen LogP contribution in [0.2, 0.25) is 0 Å². The molecule has 2 amide bonds. The molecule has 88 valence electrons. The number of rotatable bonds is 3. The van der Waals surface area contributed by atoms with Gasteiger partial charge in [-0.05, 0) is 24.3 Å². The zero-order chi connectivity index (χ0) is 12.7. The van der Waals surface area contributed by atoms with Crippen LogP contribution in [-0.4, -0.2) is 18.4 Å². The standard InChI is InChI=1S/C13H14N2O2/c1-2-12(16)15-9-3-4-10-5-7-11(8-6-10)13(14)17/h5-8H,2,9H2,1H3,(H2,14,17)(H,15,16).